The van der Waals surface area contributed by atoms with Crippen LogP contribution in [0, 0.1) is 0 Å². The van der Waals surface area contributed by atoms with Crippen LogP contribution < -0.4 is 14.8 Å². The molecule has 150 valence electrons. The molecule has 0 spiro atoms. The second-order valence-electron chi connectivity index (χ2n) is 6.85. The van der Waals surface area contributed by atoms with Gasteiger partial charge in [-0.05, 0) is 30.3 Å². The molecule has 0 bridgehead atoms. The van der Waals surface area contributed by atoms with Gasteiger partial charge in [-0.3, -0.25) is 4.79 Å². The van der Waals surface area contributed by atoms with Crippen LogP contribution in [0.5, 0.6) is 11.5 Å². The van der Waals surface area contributed by atoms with E-state index < -0.39 is 0 Å². The lowest BCUT2D eigenvalue weighted by molar-refractivity contribution is 0.103. The number of hydrogen-bond acceptors (Lipinski definition) is 5. The fraction of sp³-hybridized carbons (Fsp3) is 0.130. The number of anilines is 1. The first-order valence-corrected chi connectivity index (χ1v) is 10.4. The zero-order chi connectivity index (χ0) is 20.3. The smallest absolute Gasteiger partial charge is 0.265 e. The van der Waals surface area contributed by atoms with Gasteiger partial charge in [0.15, 0.2) is 0 Å². The number of imidazole rings is 1. The zero-order valence-corrected chi connectivity index (χ0v) is 16.9. The largest absolute Gasteiger partial charge is 0.490 e. The third kappa shape index (κ3) is 3.67. The Bertz CT molecular complexity index is 1180. The summed E-state index contributed by atoms with van der Waals surface area (Å²) < 4.78 is 13.6. The molecule has 0 fully saturated rings. The van der Waals surface area contributed by atoms with Gasteiger partial charge in [0.05, 0.1) is 23.4 Å². The van der Waals surface area contributed by atoms with E-state index >= 15 is 0 Å². The van der Waals surface area contributed by atoms with Crippen molar-refractivity contribution in [3.63, 3.8) is 0 Å². The molecule has 2 aromatic heterocycles. The summed E-state index contributed by atoms with van der Waals surface area (Å²) >= 11 is 1.48. The summed E-state index contributed by atoms with van der Waals surface area (Å²) in [5.74, 6) is 1.34. The molecule has 1 aliphatic heterocycles. The van der Waals surface area contributed by atoms with Crippen LogP contribution in [0.4, 0.5) is 5.69 Å². The first-order chi connectivity index (χ1) is 14.8. The van der Waals surface area contributed by atoms with Crippen molar-refractivity contribution in [2.45, 2.75) is 13.2 Å². The van der Waals surface area contributed by atoms with Crippen LogP contribution in [0.25, 0.3) is 10.4 Å². The lowest BCUT2D eigenvalue weighted by Crippen LogP contribution is -2.13. The van der Waals surface area contributed by atoms with Gasteiger partial charge in [0.2, 0.25) is 0 Å². The van der Waals surface area contributed by atoms with Crippen LogP contribution in [0.1, 0.15) is 15.2 Å². The SMILES string of the molecule is O=C(Nc1ccccc1OCCn1ccnc1)c1cc2c(s1)-c1ccccc1OC2. The lowest BCUT2D eigenvalue weighted by Gasteiger charge is -2.16. The van der Waals surface area contributed by atoms with Crippen molar-refractivity contribution < 1.29 is 14.3 Å². The van der Waals surface area contributed by atoms with Gasteiger partial charge in [-0.1, -0.05) is 24.3 Å². The first-order valence-electron chi connectivity index (χ1n) is 9.62. The second kappa shape index (κ2) is 8.04. The molecule has 1 N–H and O–H groups in total. The Morgan fingerprint density at radius 1 is 1.20 bits per heavy atom. The van der Waals surface area contributed by atoms with E-state index in [1.54, 1.807) is 12.5 Å². The Morgan fingerprint density at radius 3 is 2.97 bits per heavy atom. The molecule has 1 aliphatic rings. The quantitative estimate of drug-likeness (QED) is 0.488. The normalized spacial score (nSPS) is 11.9. The van der Waals surface area contributed by atoms with E-state index in [4.69, 9.17) is 9.47 Å². The molecule has 0 saturated carbocycles. The highest BCUT2D eigenvalue weighted by molar-refractivity contribution is 7.17. The topological polar surface area (TPSA) is 65.4 Å². The van der Waals surface area contributed by atoms with Gasteiger partial charge in [0.25, 0.3) is 5.91 Å². The third-order valence-electron chi connectivity index (χ3n) is 4.85. The molecule has 0 radical (unpaired) electrons. The summed E-state index contributed by atoms with van der Waals surface area (Å²) in [7, 11) is 0. The predicted octanol–water partition coefficient (Wildman–Crippen LogP) is 4.84. The van der Waals surface area contributed by atoms with E-state index in [1.807, 2.05) is 65.4 Å². The molecule has 0 aliphatic carbocycles. The molecular formula is C23H19N3O3S. The van der Waals surface area contributed by atoms with Crippen molar-refractivity contribution in [3.8, 4) is 21.9 Å². The van der Waals surface area contributed by atoms with Gasteiger partial charge < -0.3 is 19.4 Å². The number of carbonyl (C=O) groups excluding carboxylic acids is 1. The van der Waals surface area contributed by atoms with Crippen LogP contribution in [0.15, 0.2) is 73.3 Å². The fourth-order valence-electron chi connectivity index (χ4n) is 3.37. The van der Waals surface area contributed by atoms with Crippen molar-refractivity contribution in [1.82, 2.24) is 9.55 Å². The molecule has 7 heteroatoms. The standard InChI is InChI=1S/C23H19N3O3S/c27-23(21-13-16-14-29-19-7-3-1-5-17(19)22(16)30-21)25-18-6-2-4-8-20(18)28-12-11-26-10-9-24-15-26/h1-10,13,15H,11-12,14H2,(H,25,27). The highest BCUT2D eigenvalue weighted by atomic mass is 32.1. The maximum Gasteiger partial charge on any atom is 0.265 e. The number of amides is 1. The van der Waals surface area contributed by atoms with Crippen LogP contribution in [0.3, 0.4) is 0 Å². The van der Waals surface area contributed by atoms with Crippen molar-refractivity contribution >= 4 is 22.9 Å². The Labute approximate surface area is 177 Å². The average Bonchev–Trinajstić information content (AvgIpc) is 3.45. The predicted molar refractivity (Wildman–Crippen MR) is 116 cm³/mol. The first kappa shape index (κ1) is 18.4. The number of nitrogens with zero attached hydrogens (tertiary/aromatic N) is 2. The van der Waals surface area contributed by atoms with Crippen LogP contribution in [0.2, 0.25) is 0 Å². The van der Waals surface area contributed by atoms with Crippen molar-refractivity contribution in [3.05, 3.63) is 83.8 Å². The Balaban J connectivity index is 1.31. The van der Waals surface area contributed by atoms with Gasteiger partial charge >= 0.3 is 0 Å². The summed E-state index contributed by atoms with van der Waals surface area (Å²) in [6.07, 6.45) is 5.37. The molecule has 0 saturated heterocycles. The van der Waals surface area contributed by atoms with E-state index in [1.165, 1.54) is 11.3 Å². The van der Waals surface area contributed by atoms with Gasteiger partial charge in [-0.25, -0.2) is 4.98 Å². The van der Waals surface area contributed by atoms with Crippen molar-refractivity contribution in [2.24, 2.45) is 0 Å². The molecule has 0 unspecified atom stereocenters. The fourth-order valence-corrected chi connectivity index (χ4v) is 4.46. The van der Waals surface area contributed by atoms with Crippen molar-refractivity contribution in [2.75, 3.05) is 11.9 Å². The van der Waals surface area contributed by atoms with Crippen molar-refractivity contribution in [1.29, 1.82) is 0 Å². The van der Waals surface area contributed by atoms with Gasteiger partial charge in [-0.15, -0.1) is 11.3 Å². The van der Waals surface area contributed by atoms with Gasteiger partial charge in [0, 0.05) is 28.4 Å². The molecule has 4 aromatic rings. The summed E-state index contributed by atoms with van der Waals surface area (Å²) in [4.78, 5) is 18.7. The molecule has 2 aromatic carbocycles. The number of nitrogens with one attached hydrogen (secondary N) is 1. The minimum Gasteiger partial charge on any atom is -0.490 e. The number of ether oxygens (including phenoxy) is 2. The molecule has 30 heavy (non-hydrogen) atoms. The van der Waals surface area contributed by atoms with E-state index in [0.29, 0.717) is 36.1 Å². The molecule has 0 atom stereocenters. The third-order valence-corrected chi connectivity index (χ3v) is 6.06. The van der Waals surface area contributed by atoms with Gasteiger partial charge in [-0.2, -0.15) is 0 Å². The Kier molecular flexibility index (Phi) is 4.94. The second-order valence-corrected chi connectivity index (χ2v) is 7.90. The average molecular weight is 417 g/mol. The molecular weight excluding hydrogens is 398 g/mol. The molecule has 6 nitrogen and oxygen atoms in total. The number of carbonyl (C=O) groups is 1. The van der Waals surface area contributed by atoms with Crippen LogP contribution >= 0.6 is 11.3 Å². The van der Waals surface area contributed by atoms with Gasteiger partial charge in [0.1, 0.15) is 24.7 Å². The molecule has 3 heterocycles. The Morgan fingerprint density at radius 2 is 2.07 bits per heavy atom. The zero-order valence-electron chi connectivity index (χ0n) is 16.1. The van der Waals surface area contributed by atoms with Crippen LogP contribution in [-0.2, 0) is 13.2 Å². The van der Waals surface area contributed by atoms with E-state index in [9.17, 15) is 4.79 Å². The Hall–Kier alpha value is -3.58. The molecule has 1 amide bonds. The highest BCUT2D eigenvalue weighted by Gasteiger charge is 2.22. The molecule has 5 rings (SSSR count). The summed E-state index contributed by atoms with van der Waals surface area (Å²) in [6, 6.07) is 17.3. The van der Waals surface area contributed by atoms with E-state index in [2.05, 4.69) is 10.3 Å². The van der Waals surface area contributed by atoms with Crippen LogP contribution in [-0.4, -0.2) is 22.1 Å². The summed E-state index contributed by atoms with van der Waals surface area (Å²) in [5.41, 5.74) is 2.72. The summed E-state index contributed by atoms with van der Waals surface area (Å²) in [6.45, 7) is 1.63. The number of fused-ring (bicyclic) bond motifs is 3. The number of rotatable bonds is 6. The maximum absolute atomic E-state index is 12.9. The minimum atomic E-state index is -0.155. The highest BCUT2D eigenvalue weighted by Crippen LogP contribution is 2.42. The number of hydrogen-bond donors (Lipinski definition) is 1. The van der Waals surface area contributed by atoms with E-state index in [0.717, 1.165) is 21.8 Å². The number of para-hydroxylation sites is 3. The number of aromatic nitrogens is 2. The van der Waals surface area contributed by atoms with E-state index in [-0.39, 0.29) is 5.91 Å². The summed E-state index contributed by atoms with van der Waals surface area (Å²) in [5, 5.41) is 2.99. The monoisotopic (exact) mass is 417 g/mol. The lowest BCUT2D eigenvalue weighted by atomic mass is 10.1. The number of benzene rings is 2. The minimum absolute atomic E-state index is 0.155. The number of thiophene rings is 1. The maximum atomic E-state index is 12.9.